The average Bonchev–Trinajstić information content (AvgIpc) is 2.77. The highest BCUT2D eigenvalue weighted by Gasteiger charge is 2.12. The molecule has 0 heterocycles. The molecule has 5 nitrogen and oxygen atoms in total. The summed E-state index contributed by atoms with van der Waals surface area (Å²) in [6.45, 7) is 0.884. The van der Waals surface area contributed by atoms with Crippen LogP contribution in [-0.2, 0) is 13.2 Å². The first-order chi connectivity index (χ1) is 14.6. The largest absolute Gasteiger partial charge is 0.496 e. The van der Waals surface area contributed by atoms with Gasteiger partial charge in [-0.15, -0.1) is 0 Å². The van der Waals surface area contributed by atoms with E-state index in [1.807, 2.05) is 54.6 Å². The van der Waals surface area contributed by atoms with Gasteiger partial charge in [0.25, 0.3) is 0 Å². The van der Waals surface area contributed by atoms with Crippen molar-refractivity contribution in [3.63, 3.8) is 0 Å². The van der Waals surface area contributed by atoms with E-state index in [-0.39, 0.29) is 0 Å². The number of halogens is 2. The average molecular weight is 445 g/mol. The van der Waals surface area contributed by atoms with Crippen molar-refractivity contribution in [1.82, 2.24) is 5.43 Å². The highest BCUT2D eigenvalue weighted by atomic mass is 35.5. The molecule has 0 saturated carbocycles. The molecule has 156 valence electrons. The van der Waals surface area contributed by atoms with Crippen LogP contribution in [0.15, 0.2) is 65.8 Å². The van der Waals surface area contributed by atoms with Crippen LogP contribution in [0.25, 0.3) is 0 Å². The molecule has 30 heavy (non-hydrogen) atoms. The molecule has 0 aliphatic rings. The maximum Gasteiger partial charge on any atom is 0.180 e. The van der Waals surface area contributed by atoms with Gasteiger partial charge in [0.2, 0.25) is 0 Å². The summed E-state index contributed by atoms with van der Waals surface area (Å²) < 4.78 is 16.7. The van der Waals surface area contributed by atoms with Gasteiger partial charge in [-0.1, -0.05) is 53.5 Å². The van der Waals surface area contributed by atoms with Crippen molar-refractivity contribution in [1.29, 1.82) is 0 Å². The molecular weight excluding hydrogens is 423 g/mol. The number of rotatable bonds is 9. The van der Waals surface area contributed by atoms with Gasteiger partial charge in [-0.2, -0.15) is 5.10 Å². The molecule has 0 atom stereocenters. The van der Waals surface area contributed by atoms with E-state index in [4.69, 9.17) is 37.4 Å². The number of hydrogen-bond acceptors (Lipinski definition) is 5. The number of hydrogen-bond donors (Lipinski definition) is 1. The van der Waals surface area contributed by atoms with Gasteiger partial charge in [-0.3, -0.25) is 0 Å². The predicted molar refractivity (Wildman–Crippen MR) is 121 cm³/mol. The van der Waals surface area contributed by atoms with Crippen molar-refractivity contribution in [2.24, 2.45) is 5.10 Å². The molecule has 0 aromatic heterocycles. The van der Waals surface area contributed by atoms with E-state index in [0.29, 0.717) is 34.7 Å². The fraction of sp³-hybridized carbons (Fsp3) is 0.174. The third kappa shape index (κ3) is 5.81. The fourth-order valence-electron chi connectivity index (χ4n) is 2.79. The summed E-state index contributed by atoms with van der Waals surface area (Å²) in [5.74, 6) is 1.82. The van der Waals surface area contributed by atoms with Crippen LogP contribution in [0.3, 0.4) is 0 Å². The Labute approximate surface area is 186 Å². The molecule has 3 aromatic carbocycles. The molecule has 0 spiro atoms. The summed E-state index contributed by atoms with van der Waals surface area (Å²) in [5.41, 5.74) is 5.78. The van der Waals surface area contributed by atoms with Crippen LogP contribution in [0.5, 0.6) is 17.2 Å². The van der Waals surface area contributed by atoms with Gasteiger partial charge >= 0.3 is 0 Å². The van der Waals surface area contributed by atoms with Crippen LogP contribution >= 0.6 is 23.2 Å². The SMILES string of the molecule is COc1ccccc1CN/N=C\c1cc(Cl)c(OCc2ccc(Cl)cc2)c(OC)c1. The van der Waals surface area contributed by atoms with Crippen LogP contribution in [0, 0.1) is 0 Å². The Bertz CT molecular complexity index is 1010. The van der Waals surface area contributed by atoms with E-state index in [9.17, 15) is 0 Å². The number of para-hydroxylation sites is 1. The first-order valence-electron chi connectivity index (χ1n) is 9.23. The predicted octanol–water partition coefficient (Wildman–Crippen LogP) is 5.71. The van der Waals surface area contributed by atoms with E-state index in [1.54, 1.807) is 26.5 Å². The Morgan fingerprint density at radius 2 is 1.67 bits per heavy atom. The van der Waals surface area contributed by atoms with Gasteiger partial charge < -0.3 is 19.6 Å². The second-order valence-electron chi connectivity index (χ2n) is 6.35. The smallest absolute Gasteiger partial charge is 0.180 e. The van der Waals surface area contributed by atoms with E-state index in [0.717, 1.165) is 22.4 Å². The monoisotopic (exact) mass is 444 g/mol. The Morgan fingerprint density at radius 3 is 2.40 bits per heavy atom. The van der Waals surface area contributed by atoms with E-state index < -0.39 is 0 Å². The number of nitrogens with zero attached hydrogens (tertiary/aromatic N) is 1. The molecule has 0 saturated heterocycles. The van der Waals surface area contributed by atoms with Crippen LogP contribution in [0.1, 0.15) is 16.7 Å². The topological polar surface area (TPSA) is 52.1 Å². The molecule has 0 aliphatic heterocycles. The first-order valence-corrected chi connectivity index (χ1v) is 9.99. The minimum absolute atomic E-state index is 0.348. The van der Waals surface area contributed by atoms with Crippen LogP contribution in [0.2, 0.25) is 10.0 Å². The van der Waals surface area contributed by atoms with Crippen molar-refractivity contribution in [3.8, 4) is 17.2 Å². The minimum Gasteiger partial charge on any atom is -0.496 e. The zero-order chi connectivity index (χ0) is 21.3. The summed E-state index contributed by atoms with van der Waals surface area (Å²) in [5, 5.41) is 5.38. The van der Waals surface area contributed by atoms with E-state index in [1.165, 1.54) is 0 Å². The third-order valence-corrected chi connectivity index (χ3v) is 4.85. The van der Waals surface area contributed by atoms with Gasteiger partial charge in [0.15, 0.2) is 11.5 Å². The summed E-state index contributed by atoms with van der Waals surface area (Å²) in [6.07, 6.45) is 1.67. The van der Waals surface area contributed by atoms with Crippen LogP contribution in [-0.4, -0.2) is 20.4 Å². The molecule has 1 N–H and O–H groups in total. The maximum absolute atomic E-state index is 6.43. The maximum atomic E-state index is 6.43. The fourth-order valence-corrected chi connectivity index (χ4v) is 3.19. The number of nitrogens with one attached hydrogen (secondary N) is 1. The lowest BCUT2D eigenvalue weighted by Crippen LogP contribution is -2.07. The summed E-state index contributed by atoms with van der Waals surface area (Å²) in [6, 6.07) is 18.8. The Balaban J connectivity index is 1.65. The molecule has 0 amide bonds. The number of benzene rings is 3. The summed E-state index contributed by atoms with van der Waals surface area (Å²) in [7, 11) is 3.22. The zero-order valence-electron chi connectivity index (χ0n) is 16.7. The quantitative estimate of drug-likeness (QED) is 0.339. The highest BCUT2D eigenvalue weighted by molar-refractivity contribution is 6.32. The van der Waals surface area contributed by atoms with Crippen LogP contribution < -0.4 is 19.6 Å². The third-order valence-electron chi connectivity index (χ3n) is 4.32. The van der Waals surface area contributed by atoms with Crippen molar-refractivity contribution >= 4 is 29.4 Å². The van der Waals surface area contributed by atoms with Crippen molar-refractivity contribution in [3.05, 3.63) is 87.4 Å². The molecule has 0 unspecified atom stereocenters. The van der Waals surface area contributed by atoms with Crippen molar-refractivity contribution in [2.75, 3.05) is 14.2 Å². The molecule has 0 bridgehead atoms. The Kier molecular flexibility index (Phi) is 7.82. The standard InChI is InChI=1S/C23H22Cl2N2O3/c1-28-21-6-4-3-5-18(21)14-27-26-13-17-11-20(25)23(22(12-17)29-2)30-15-16-7-9-19(24)10-8-16/h3-13,27H,14-15H2,1-2H3/b26-13-. The second kappa shape index (κ2) is 10.8. The molecule has 3 aromatic rings. The molecule has 0 radical (unpaired) electrons. The van der Waals surface area contributed by atoms with Crippen LogP contribution in [0.4, 0.5) is 0 Å². The van der Waals surface area contributed by atoms with E-state index in [2.05, 4.69) is 10.5 Å². The van der Waals surface area contributed by atoms with E-state index >= 15 is 0 Å². The van der Waals surface area contributed by atoms with Gasteiger partial charge in [-0.05, 0) is 41.5 Å². The second-order valence-corrected chi connectivity index (χ2v) is 7.20. The zero-order valence-corrected chi connectivity index (χ0v) is 18.2. The molecule has 0 aliphatic carbocycles. The van der Waals surface area contributed by atoms with Crippen molar-refractivity contribution in [2.45, 2.75) is 13.2 Å². The van der Waals surface area contributed by atoms with Gasteiger partial charge in [0.1, 0.15) is 12.4 Å². The lowest BCUT2D eigenvalue weighted by atomic mass is 10.2. The lowest BCUT2D eigenvalue weighted by molar-refractivity contribution is 0.284. The Morgan fingerprint density at radius 1 is 0.933 bits per heavy atom. The first kappa shape index (κ1) is 21.8. The number of hydrazone groups is 1. The van der Waals surface area contributed by atoms with Crippen molar-refractivity contribution < 1.29 is 14.2 Å². The summed E-state index contributed by atoms with van der Waals surface area (Å²) in [4.78, 5) is 0. The van der Waals surface area contributed by atoms with Gasteiger partial charge in [0, 0.05) is 10.6 Å². The van der Waals surface area contributed by atoms with Gasteiger partial charge in [-0.25, -0.2) is 0 Å². The normalized spacial score (nSPS) is 10.8. The molecular formula is C23H22Cl2N2O3. The minimum atomic E-state index is 0.348. The molecule has 3 rings (SSSR count). The lowest BCUT2D eigenvalue weighted by Gasteiger charge is -2.13. The molecule has 7 heteroatoms. The number of ether oxygens (including phenoxy) is 3. The van der Waals surface area contributed by atoms with Gasteiger partial charge in [0.05, 0.1) is 32.0 Å². The molecule has 0 fully saturated rings. The number of methoxy groups -OCH3 is 2. The highest BCUT2D eigenvalue weighted by Crippen LogP contribution is 2.36. The summed E-state index contributed by atoms with van der Waals surface area (Å²) >= 11 is 12.3. The Hall–Kier alpha value is -2.89.